The Balaban J connectivity index is 1.97. The highest BCUT2D eigenvalue weighted by atomic mass is 32.2. The molecular weight excluding hydrogens is 408 g/mol. The van der Waals surface area contributed by atoms with Crippen molar-refractivity contribution in [3.63, 3.8) is 0 Å². The van der Waals surface area contributed by atoms with Crippen LogP contribution in [0.1, 0.15) is 5.56 Å². The van der Waals surface area contributed by atoms with E-state index in [-0.39, 0.29) is 12.3 Å². The first-order valence-electron chi connectivity index (χ1n) is 9.04. The number of methoxy groups -OCH3 is 3. The third-order valence-electron chi connectivity index (χ3n) is 4.47. The molecule has 1 amide bonds. The number of benzene rings is 2. The fourth-order valence-electron chi connectivity index (χ4n) is 2.97. The molecule has 0 bridgehead atoms. The van der Waals surface area contributed by atoms with Crippen molar-refractivity contribution in [1.29, 1.82) is 0 Å². The molecule has 0 radical (unpaired) electrons. The van der Waals surface area contributed by atoms with Crippen molar-refractivity contribution in [1.82, 2.24) is 4.57 Å². The van der Waals surface area contributed by atoms with E-state index < -0.39 is 0 Å². The normalized spacial score (nSPS) is 11.8. The lowest BCUT2D eigenvalue weighted by Crippen LogP contribution is -2.19. The van der Waals surface area contributed by atoms with Gasteiger partial charge in [-0.2, -0.15) is 4.99 Å². The van der Waals surface area contributed by atoms with Gasteiger partial charge in [0.1, 0.15) is 11.5 Å². The molecule has 6 nitrogen and oxygen atoms in total. The van der Waals surface area contributed by atoms with Gasteiger partial charge in [0, 0.05) is 30.2 Å². The molecule has 0 saturated heterocycles. The lowest BCUT2D eigenvalue weighted by molar-refractivity contribution is -0.117. The van der Waals surface area contributed by atoms with Crippen LogP contribution in [-0.4, -0.2) is 44.7 Å². The zero-order valence-corrected chi connectivity index (χ0v) is 18.6. The maximum atomic E-state index is 12.7. The Kier molecular flexibility index (Phi) is 7.35. The summed E-state index contributed by atoms with van der Waals surface area (Å²) in [6, 6.07) is 11.7. The number of ether oxygens (including phenoxy) is 3. The maximum absolute atomic E-state index is 12.7. The third-order valence-corrected chi connectivity index (χ3v) is 6.23. The number of hydrogen-bond acceptors (Lipinski definition) is 6. The van der Waals surface area contributed by atoms with Crippen LogP contribution < -0.4 is 14.3 Å². The summed E-state index contributed by atoms with van der Waals surface area (Å²) in [5, 5.41) is 0. The first kappa shape index (κ1) is 21.4. The zero-order chi connectivity index (χ0) is 20.8. The van der Waals surface area contributed by atoms with Crippen LogP contribution in [0.4, 0.5) is 0 Å². The van der Waals surface area contributed by atoms with Crippen molar-refractivity contribution in [3.8, 4) is 11.5 Å². The van der Waals surface area contributed by atoms with Gasteiger partial charge in [-0.3, -0.25) is 4.79 Å². The van der Waals surface area contributed by atoms with Crippen molar-refractivity contribution >= 4 is 39.2 Å². The number of carbonyl (C=O) groups is 1. The molecule has 0 fully saturated rings. The fraction of sp³-hybridized carbons (Fsp3) is 0.333. The predicted molar refractivity (Wildman–Crippen MR) is 117 cm³/mol. The molecule has 0 atom stereocenters. The van der Waals surface area contributed by atoms with Gasteiger partial charge in [0.15, 0.2) is 4.80 Å². The van der Waals surface area contributed by atoms with E-state index in [2.05, 4.69) is 23.2 Å². The molecule has 3 aromatic rings. The highest BCUT2D eigenvalue weighted by Gasteiger charge is 2.12. The molecule has 0 aliphatic heterocycles. The summed E-state index contributed by atoms with van der Waals surface area (Å²) in [7, 11) is 4.84. The summed E-state index contributed by atoms with van der Waals surface area (Å²) in [6.07, 6.45) is 2.20. The number of thioether (sulfide) groups is 1. The monoisotopic (exact) mass is 432 g/mol. The van der Waals surface area contributed by atoms with Crippen LogP contribution in [0.15, 0.2) is 46.3 Å². The lowest BCUT2D eigenvalue weighted by Gasteiger charge is -2.09. The van der Waals surface area contributed by atoms with E-state index in [9.17, 15) is 4.79 Å². The average molecular weight is 433 g/mol. The molecule has 1 heterocycles. The van der Waals surface area contributed by atoms with Crippen molar-refractivity contribution < 1.29 is 19.0 Å². The second kappa shape index (κ2) is 9.96. The minimum Gasteiger partial charge on any atom is -0.497 e. The first-order valence-corrected chi connectivity index (χ1v) is 11.1. The van der Waals surface area contributed by atoms with Crippen molar-refractivity contribution in [3.05, 3.63) is 46.8 Å². The molecule has 0 spiro atoms. The topological polar surface area (TPSA) is 62.1 Å². The molecule has 1 aromatic heterocycles. The molecule has 154 valence electrons. The van der Waals surface area contributed by atoms with E-state index >= 15 is 0 Å². The predicted octanol–water partition coefficient (Wildman–Crippen LogP) is 3.76. The van der Waals surface area contributed by atoms with Crippen LogP contribution in [0, 0.1) is 0 Å². The van der Waals surface area contributed by atoms with Crippen LogP contribution in [-0.2, 0) is 22.5 Å². The number of thiazole rings is 1. The Morgan fingerprint density at radius 2 is 1.97 bits per heavy atom. The number of carbonyl (C=O) groups excluding carboxylic acids is 1. The Morgan fingerprint density at radius 3 is 2.66 bits per heavy atom. The standard InChI is InChI=1S/C21H24N2O4S2/c1-25-10-9-23-17-8-7-16(28-4)13-19(17)29-21(23)22-20(24)11-14-5-6-15(26-2)12-18(14)27-3/h5-8,12-13H,9-11H2,1-4H3. The molecule has 29 heavy (non-hydrogen) atoms. The van der Waals surface area contributed by atoms with Gasteiger partial charge < -0.3 is 18.8 Å². The van der Waals surface area contributed by atoms with Crippen LogP contribution in [0.25, 0.3) is 10.2 Å². The van der Waals surface area contributed by atoms with Gasteiger partial charge in [0.2, 0.25) is 0 Å². The second-order valence-corrected chi connectivity index (χ2v) is 8.11. The Labute approximate surface area is 178 Å². The second-order valence-electron chi connectivity index (χ2n) is 6.22. The van der Waals surface area contributed by atoms with Crippen molar-refractivity contribution in [2.75, 3.05) is 34.2 Å². The molecule has 0 aliphatic carbocycles. The van der Waals surface area contributed by atoms with Crippen LogP contribution >= 0.6 is 23.1 Å². The Morgan fingerprint density at radius 1 is 1.14 bits per heavy atom. The molecule has 0 N–H and O–H groups in total. The Bertz CT molecular complexity index is 1070. The summed E-state index contributed by atoms with van der Waals surface area (Å²) < 4.78 is 19.0. The van der Waals surface area contributed by atoms with E-state index in [0.717, 1.165) is 15.8 Å². The number of hydrogen-bond donors (Lipinski definition) is 0. The van der Waals surface area contributed by atoms with Gasteiger partial charge in [-0.25, -0.2) is 0 Å². The zero-order valence-electron chi connectivity index (χ0n) is 16.9. The minimum absolute atomic E-state index is 0.155. The van der Waals surface area contributed by atoms with Crippen molar-refractivity contribution in [2.24, 2.45) is 4.99 Å². The molecule has 3 rings (SSSR count). The van der Waals surface area contributed by atoms with E-state index in [0.29, 0.717) is 29.5 Å². The number of rotatable bonds is 8. The summed E-state index contributed by atoms with van der Waals surface area (Å²) in [4.78, 5) is 19.0. The smallest absolute Gasteiger partial charge is 0.252 e. The largest absolute Gasteiger partial charge is 0.497 e. The molecular formula is C21H24N2O4S2. The van der Waals surface area contributed by atoms with E-state index in [4.69, 9.17) is 14.2 Å². The molecule has 0 saturated carbocycles. The van der Waals surface area contributed by atoms with Gasteiger partial charge in [0.05, 0.1) is 37.5 Å². The maximum Gasteiger partial charge on any atom is 0.252 e. The van der Waals surface area contributed by atoms with Gasteiger partial charge in [-0.05, 0) is 30.5 Å². The SMILES string of the molecule is COCCn1c(=NC(=O)Cc2ccc(OC)cc2OC)sc2cc(SC)ccc21. The number of fused-ring (bicyclic) bond motifs is 1. The highest BCUT2D eigenvalue weighted by molar-refractivity contribution is 7.98. The van der Waals surface area contributed by atoms with Gasteiger partial charge >= 0.3 is 0 Å². The van der Waals surface area contributed by atoms with Crippen LogP contribution in [0.5, 0.6) is 11.5 Å². The van der Waals surface area contributed by atoms with Gasteiger partial charge in [-0.1, -0.05) is 17.4 Å². The summed E-state index contributed by atoms with van der Waals surface area (Å²) in [5.41, 5.74) is 1.83. The van der Waals surface area contributed by atoms with E-state index in [1.165, 1.54) is 16.2 Å². The van der Waals surface area contributed by atoms with E-state index in [1.807, 2.05) is 23.0 Å². The molecule has 2 aromatic carbocycles. The lowest BCUT2D eigenvalue weighted by atomic mass is 10.1. The minimum atomic E-state index is -0.226. The quantitative estimate of drug-likeness (QED) is 0.507. The number of nitrogens with zero attached hydrogens (tertiary/aromatic N) is 2. The fourth-order valence-corrected chi connectivity index (χ4v) is 4.60. The first-order chi connectivity index (χ1) is 14.1. The average Bonchev–Trinajstić information content (AvgIpc) is 3.08. The Hall–Kier alpha value is -2.29. The number of aromatic nitrogens is 1. The van der Waals surface area contributed by atoms with E-state index in [1.54, 1.807) is 39.2 Å². The molecule has 0 aliphatic rings. The van der Waals surface area contributed by atoms with Crippen LogP contribution in [0.2, 0.25) is 0 Å². The summed E-state index contributed by atoms with van der Waals surface area (Å²) >= 11 is 3.20. The van der Waals surface area contributed by atoms with Gasteiger partial charge in [0.25, 0.3) is 5.91 Å². The number of amides is 1. The van der Waals surface area contributed by atoms with Gasteiger partial charge in [-0.15, -0.1) is 11.8 Å². The molecule has 0 unspecified atom stereocenters. The summed E-state index contributed by atoms with van der Waals surface area (Å²) in [5.74, 6) is 1.07. The highest BCUT2D eigenvalue weighted by Crippen LogP contribution is 2.26. The van der Waals surface area contributed by atoms with Crippen LogP contribution in [0.3, 0.4) is 0 Å². The third kappa shape index (κ3) is 5.01. The van der Waals surface area contributed by atoms with Crippen molar-refractivity contribution in [2.45, 2.75) is 17.9 Å². The summed E-state index contributed by atoms with van der Waals surface area (Å²) in [6.45, 7) is 1.18. The molecule has 8 heteroatoms.